The Labute approximate surface area is 459 Å². The van der Waals surface area contributed by atoms with Gasteiger partial charge in [0.25, 0.3) is 11.8 Å². The average Bonchev–Trinajstić information content (AvgIpc) is 3.93. The average molecular weight is 1090 g/mol. The van der Waals surface area contributed by atoms with E-state index in [2.05, 4.69) is 15.8 Å². The molecule has 1 aromatic heterocycles. The summed E-state index contributed by atoms with van der Waals surface area (Å²) in [6.07, 6.45) is 3.28. The number of carbonyl (C=O) groups is 6. The number of nitrogens with zero attached hydrogens (tertiary/aromatic N) is 3. The predicted molar refractivity (Wildman–Crippen MR) is 295 cm³/mol. The van der Waals surface area contributed by atoms with Gasteiger partial charge in [-0.3, -0.25) is 24.1 Å². The lowest BCUT2D eigenvalue weighted by Crippen LogP contribution is -2.71. The van der Waals surface area contributed by atoms with Gasteiger partial charge < -0.3 is 39.2 Å². The quantitative estimate of drug-likeness (QED) is 0.0193. The molecule has 2 aliphatic rings. The zero-order valence-electron chi connectivity index (χ0n) is 44.1. The molecule has 402 valence electrons. The summed E-state index contributed by atoms with van der Waals surface area (Å²) < 4.78 is 27.3. The van der Waals surface area contributed by atoms with Gasteiger partial charge >= 0.3 is 23.9 Å². The van der Waals surface area contributed by atoms with Crippen LogP contribution in [-0.4, -0.2) is 86.8 Å². The molecule has 0 unspecified atom stereocenters. The maximum atomic E-state index is 14.8. The van der Waals surface area contributed by atoms with Gasteiger partial charge in [0.15, 0.2) is 22.3 Å². The molecule has 2 aliphatic heterocycles. The second-order valence-corrected chi connectivity index (χ2v) is 21.4. The van der Waals surface area contributed by atoms with Crippen molar-refractivity contribution in [3.05, 3.63) is 190 Å². The Balaban J connectivity index is 1.12. The summed E-state index contributed by atoms with van der Waals surface area (Å²) in [4.78, 5) is 92.8. The molecule has 2 atom stereocenters. The van der Waals surface area contributed by atoms with Crippen LogP contribution >= 0.6 is 23.1 Å². The van der Waals surface area contributed by atoms with Crippen molar-refractivity contribution in [3.8, 4) is 17.2 Å². The zero-order valence-corrected chi connectivity index (χ0v) is 45.7. The molecular formula is C59H57N5O12S2. The van der Waals surface area contributed by atoms with Gasteiger partial charge in [0, 0.05) is 25.0 Å². The van der Waals surface area contributed by atoms with Gasteiger partial charge in [0.05, 0.1) is 7.11 Å². The van der Waals surface area contributed by atoms with Gasteiger partial charge in [-0.15, -0.1) is 23.1 Å². The van der Waals surface area contributed by atoms with Crippen LogP contribution in [0.5, 0.6) is 17.2 Å². The number of thiazole rings is 1. The molecule has 0 bridgehead atoms. The Morgan fingerprint density at radius 3 is 1.92 bits per heavy atom. The molecule has 17 nitrogen and oxygen atoms in total. The largest absolute Gasteiger partial charge is 0.497 e. The number of benzene rings is 5. The first-order chi connectivity index (χ1) is 37.3. The van der Waals surface area contributed by atoms with Gasteiger partial charge in [-0.1, -0.05) is 127 Å². The van der Waals surface area contributed by atoms with Crippen molar-refractivity contribution in [2.75, 3.05) is 18.2 Å². The van der Waals surface area contributed by atoms with Crippen LogP contribution in [0.4, 0.5) is 5.13 Å². The summed E-state index contributed by atoms with van der Waals surface area (Å²) in [6, 6.07) is 40.0. The molecule has 2 amide bonds. The molecule has 0 saturated carbocycles. The minimum Gasteiger partial charge on any atom is -0.497 e. The molecule has 19 heteroatoms. The highest BCUT2D eigenvalue weighted by Crippen LogP contribution is 2.43. The molecule has 0 radical (unpaired) electrons. The number of fused-ring (bicyclic) bond motifs is 1. The lowest BCUT2D eigenvalue weighted by Gasteiger charge is -2.49. The standard InChI is InChI=1S/C59H57N5O12S2/c1-36(65)73-46-31-27-38(32-47(46)74-37(2)66)24-28-40-34-77-53-49(52(68)64(53)50(40)54(69)72-33-39-25-29-44(71-8)30-26-39)61-51(67)48(63-76-58(6,7)55(70)75-57(3,4)5)45-35-78-56(60-45)62-59(41-18-12-9-13-19-41,42-20-14-10-15-21-42)43-22-16-11-17-23-43/h9-32,35,49,53H,33-34H2,1-8H3,(H,60,62)(H,61,67)/b28-24?,63-48-/t49-,53-/m1/s1. The second kappa shape index (κ2) is 23.8. The molecule has 0 spiro atoms. The minimum atomic E-state index is -1.69. The zero-order chi connectivity index (χ0) is 55.8. The maximum absolute atomic E-state index is 14.8. The molecule has 3 heterocycles. The van der Waals surface area contributed by atoms with Crippen molar-refractivity contribution in [2.24, 2.45) is 5.16 Å². The van der Waals surface area contributed by atoms with Crippen molar-refractivity contribution in [2.45, 2.75) is 83.2 Å². The summed E-state index contributed by atoms with van der Waals surface area (Å²) in [5, 5.41) is 12.1. The number of nitrogens with one attached hydrogen (secondary N) is 2. The summed E-state index contributed by atoms with van der Waals surface area (Å²) in [5.74, 6) is -3.48. The molecule has 6 aromatic rings. The lowest BCUT2D eigenvalue weighted by molar-refractivity contribution is -0.179. The molecule has 0 aliphatic carbocycles. The van der Waals surface area contributed by atoms with Gasteiger partial charge in [-0.2, -0.15) is 0 Å². The molecule has 1 saturated heterocycles. The molecule has 5 aromatic carbocycles. The van der Waals surface area contributed by atoms with E-state index >= 15 is 0 Å². The van der Waals surface area contributed by atoms with Gasteiger partial charge in [0.2, 0.25) is 5.60 Å². The fourth-order valence-corrected chi connectivity index (χ4v) is 10.5. The van der Waals surface area contributed by atoms with Crippen LogP contribution in [0.15, 0.2) is 161 Å². The number of thioether (sulfide) groups is 1. The molecule has 1 fully saturated rings. The van der Waals surface area contributed by atoms with Crippen LogP contribution in [0.2, 0.25) is 0 Å². The van der Waals surface area contributed by atoms with Crippen molar-refractivity contribution >= 4 is 75.7 Å². The van der Waals surface area contributed by atoms with E-state index in [-0.39, 0.29) is 41.0 Å². The molecule has 8 rings (SSSR count). The van der Waals surface area contributed by atoms with Crippen LogP contribution in [0.1, 0.15) is 82.0 Å². The Morgan fingerprint density at radius 1 is 0.769 bits per heavy atom. The van der Waals surface area contributed by atoms with Crippen LogP contribution in [0.25, 0.3) is 6.08 Å². The van der Waals surface area contributed by atoms with E-state index in [4.69, 9.17) is 33.5 Å². The van der Waals surface area contributed by atoms with E-state index in [0.29, 0.717) is 27.6 Å². The number of anilines is 1. The number of carbonyl (C=O) groups excluding carboxylic acids is 6. The normalized spacial score (nSPS) is 15.6. The Morgan fingerprint density at radius 2 is 1.36 bits per heavy atom. The van der Waals surface area contributed by atoms with Crippen molar-refractivity contribution in [1.29, 1.82) is 0 Å². The smallest absolute Gasteiger partial charge is 0.355 e. The van der Waals surface area contributed by atoms with Crippen LogP contribution in [-0.2, 0) is 55.2 Å². The number of aromatic nitrogens is 1. The van der Waals surface area contributed by atoms with Crippen LogP contribution in [0, 0.1) is 0 Å². The molecule has 2 N–H and O–H groups in total. The number of methoxy groups -OCH3 is 1. The minimum absolute atomic E-state index is 0.00550. The number of allylic oxidation sites excluding steroid dienone is 1. The fourth-order valence-electron chi connectivity index (χ4n) is 8.39. The third-order valence-electron chi connectivity index (χ3n) is 12.1. The summed E-state index contributed by atoms with van der Waals surface area (Å²) in [5.41, 5.74) is 0.417. The molecular weight excluding hydrogens is 1030 g/mol. The fraction of sp³-hybridized carbons (Fsp3) is 0.254. The lowest BCUT2D eigenvalue weighted by atomic mass is 9.77. The van der Waals surface area contributed by atoms with Crippen molar-refractivity contribution in [1.82, 2.24) is 15.2 Å². The first-order valence-corrected chi connectivity index (χ1v) is 26.6. The summed E-state index contributed by atoms with van der Waals surface area (Å²) in [6.45, 7) is 10.3. The number of esters is 4. The number of hydrogen-bond acceptors (Lipinski definition) is 17. The number of amides is 2. The Bertz CT molecular complexity index is 3200. The Hall–Kier alpha value is -8.55. The van der Waals surface area contributed by atoms with Crippen LogP contribution in [0.3, 0.4) is 0 Å². The van der Waals surface area contributed by atoms with E-state index in [1.165, 1.54) is 74.9 Å². The summed E-state index contributed by atoms with van der Waals surface area (Å²) in [7, 11) is 1.54. The SMILES string of the molecule is COc1ccc(COC(=O)C2=C(C=Cc3ccc(OC(C)=O)c(OC(C)=O)c3)CS[C@@H]3[C@H](NC(=O)/C(=N\OC(C)(C)C(=O)OC(C)(C)C)c4csc(NC(c5ccccc5)(c5ccccc5)c5ccccc5)n4)C(=O)N23)cc1. The summed E-state index contributed by atoms with van der Waals surface area (Å²) >= 11 is 2.49. The number of ether oxygens (including phenoxy) is 5. The van der Waals surface area contributed by atoms with E-state index in [1.54, 1.807) is 68.6 Å². The van der Waals surface area contributed by atoms with E-state index in [9.17, 15) is 28.8 Å². The highest BCUT2D eigenvalue weighted by molar-refractivity contribution is 8.00. The van der Waals surface area contributed by atoms with Crippen LogP contribution < -0.4 is 24.8 Å². The van der Waals surface area contributed by atoms with E-state index in [1.807, 2.05) is 91.0 Å². The molecule has 78 heavy (non-hydrogen) atoms. The highest BCUT2D eigenvalue weighted by Gasteiger charge is 2.55. The number of oxime groups is 1. The van der Waals surface area contributed by atoms with Crippen molar-refractivity contribution < 1.29 is 57.3 Å². The Kier molecular flexibility index (Phi) is 17.0. The van der Waals surface area contributed by atoms with Gasteiger partial charge in [0.1, 0.15) is 46.3 Å². The predicted octanol–water partition coefficient (Wildman–Crippen LogP) is 9.36. The van der Waals surface area contributed by atoms with Gasteiger partial charge in [-0.25, -0.2) is 14.6 Å². The highest BCUT2D eigenvalue weighted by atomic mass is 32.2. The third kappa shape index (κ3) is 12.8. The first kappa shape index (κ1) is 55.7. The van der Waals surface area contributed by atoms with Crippen molar-refractivity contribution in [3.63, 3.8) is 0 Å². The topological polar surface area (TPSA) is 210 Å². The number of rotatable bonds is 19. The van der Waals surface area contributed by atoms with Gasteiger partial charge in [-0.05, 0) is 92.3 Å². The third-order valence-corrected chi connectivity index (χ3v) is 14.2. The monoisotopic (exact) mass is 1090 g/mol. The van der Waals surface area contributed by atoms with E-state index < -0.39 is 63.8 Å². The number of hydrogen-bond donors (Lipinski definition) is 2. The second-order valence-electron chi connectivity index (χ2n) is 19.4. The maximum Gasteiger partial charge on any atom is 0.355 e. The number of β-lactam (4-membered cyclic amide) rings is 1. The first-order valence-electron chi connectivity index (χ1n) is 24.6. The van der Waals surface area contributed by atoms with E-state index in [0.717, 1.165) is 16.7 Å².